The molecule has 0 aromatic carbocycles. The Bertz CT molecular complexity index is 1570. The third kappa shape index (κ3) is 6.09. The van der Waals surface area contributed by atoms with Crippen molar-refractivity contribution in [1.29, 1.82) is 0 Å². The predicted octanol–water partition coefficient (Wildman–Crippen LogP) is 6.55. The van der Waals surface area contributed by atoms with Crippen LogP contribution in [0.25, 0.3) is 0 Å². The van der Waals surface area contributed by atoms with Gasteiger partial charge in [0.25, 0.3) is 6.47 Å². The summed E-state index contributed by atoms with van der Waals surface area (Å²) in [5.41, 5.74) is 2.55. The molecule has 0 unspecified atom stereocenters. The third-order valence-corrected chi connectivity index (χ3v) is 18.4. The van der Waals surface area contributed by atoms with E-state index >= 15 is 0 Å². The number of nitrogens with one attached hydrogen (secondary N) is 1. The molecule has 1 N–H and O–H groups in total. The summed E-state index contributed by atoms with van der Waals surface area (Å²) in [6.45, 7) is 25.7. The van der Waals surface area contributed by atoms with Crippen LogP contribution in [0.1, 0.15) is 106 Å². The number of hydrogen-bond donors (Lipinski definition) is 1. The summed E-state index contributed by atoms with van der Waals surface area (Å²) < 4.78 is 28.7. The average molecular weight is 724 g/mol. The number of carbonyl (C=O) groups is 1. The predicted molar refractivity (Wildman–Crippen MR) is 203 cm³/mol. The zero-order chi connectivity index (χ0) is 36.5. The first-order chi connectivity index (χ1) is 24.1. The van der Waals surface area contributed by atoms with Crippen molar-refractivity contribution in [2.45, 2.75) is 111 Å². The minimum Gasteiger partial charge on any atom is -0.408 e. The number of sulfone groups is 1. The number of carbonyl (C=O) groups excluding carboxylic acids is 1. The summed E-state index contributed by atoms with van der Waals surface area (Å²) in [4.78, 5) is 15.6. The molecule has 4 aliphatic carbocycles. The number of hydrogen-bond acceptors (Lipinski definition) is 9. The third-order valence-electron chi connectivity index (χ3n) is 16.7. The molecule has 9 atom stereocenters. The van der Waals surface area contributed by atoms with Gasteiger partial charge in [0.05, 0.1) is 11.5 Å². The number of nitrogens with zero attached hydrogens (tertiary/aromatic N) is 4. The molecule has 51 heavy (non-hydrogen) atoms. The maximum atomic E-state index is 11.9. The molecule has 6 aliphatic rings. The first-order valence-electron chi connectivity index (χ1n) is 20.1. The molecule has 284 valence electrons. The van der Waals surface area contributed by atoms with Gasteiger partial charge < -0.3 is 19.9 Å². The van der Waals surface area contributed by atoms with Gasteiger partial charge in [0.15, 0.2) is 15.7 Å². The maximum absolute atomic E-state index is 11.9. The summed E-state index contributed by atoms with van der Waals surface area (Å²) >= 11 is 0. The van der Waals surface area contributed by atoms with Crippen LogP contribution in [-0.2, 0) is 14.6 Å². The number of piperidine rings is 1. The number of ether oxygens (including phenoxy) is 1. The lowest BCUT2D eigenvalue weighted by Gasteiger charge is -2.73. The van der Waals surface area contributed by atoms with E-state index in [1.165, 1.54) is 56.9 Å². The van der Waals surface area contributed by atoms with Crippen LogP contribution in [0.4, 0.5) is 5.82 Å². The minimum atomic E-state index is -2.83. The molecule has 0 spiro atoms. The fraction of sp³-hybridized carbons (Fsp3) is 0.829. The van der Waals surface area contributed by atoms with Crippen molar-refractivity contribution in [3.63, 3.8) is 0 Å². The van der Waals surface area contributed by atoms with E-state index in [4.69, 9.17) is 4.74 Å². The summed E-state index contributed by atoms with van der Waals surface area (Å²) in [6, 6.07) is 3.72. The Hall–Kier alpha value is -2.04. The van der Waals surface area contributed by atoms with E-state index in [0.29, 0.717) is 71.0 Å². The van der Waals surface area contributed by atoms with Crippen LogP contribution in [0.2, 0.25) is 0 Å². The van der Waals surface area contributed by atoms with Crippen LogP contribution >= 0.6 is 0 Å². The quantitative estimate of drug-likeness (QED) is 0.164. The second-order valence-electron chi connectivity index (χ2n) is 19.1. The number of fused-ring (bicyclic) bond motifs is 7. The average Bonchev–Trinajstić information content (AvgIpc) is 3.46. The van der Waals surface area contributed by atoms with E-state index < -0.39 is 9.84 Å². The second-order valence-corrected chi connectivity index (χ2v) is 21.4. The topological polar surface area (TPSA) is 105 Å². The van der Waals surface area contributed by atoms with Gasteiger partial charge in [-0.15, -0.1) is 10.2 Å². The van der Waals surface area contributed by atoms with E-state index in [0.717, 1.165) is 50.8 Å². The second kappa shape index (κ2) is 13.4. The Labute approximate surface area is 308 Å². The fourth-order valence-corrected chi connectivity index (χ4v) is 15.3. The van der Waals surface area contributed by atoms with Gasteiger partial charge in [-0.1, -0.05) is 32.9 Å². The maximum Gasteiger partial charge on any atom is 0.299 e. The van der Waals surface area contributed by atoms with Gasteiger partial charge >= 0.3 is 0 Å². The molecule has 9 nitrogen and oxygen atoms in total. The number of aromatic nitrogens is 2. The van der Waals surface area contributed by atoms with Gasteiger partial charge in [0.2, 0.25) is 5.88 Å². The van der Waals surface area contributed by atoms with Gasteiger partial charge in [-0.25, -0.2) is 8.42 Å². The highest BCUT2D eigenvalue weighted by atomic mass is 32.2. The normalized spacial score (nSPS) is 41.5. The molecule has 1 aromatic heterocycles. The van der Waals surface area contributed by atoms with E-state index in [2.05, 4.69) is 73.4 Å². The molecule has 0 radical (unpaired) electrons. The Morgan fingerprint density at radius 3 is 2.39 bits per heavy atom. The standard InChI is InChI=1S/C41H65N5O4S/c1-29(2)30-13-16-41(27-42-20-8-21-45-23-25-51(48,49)26-24-45)18-17-39(6)31(36(30)41)9-10-33-38(5)19-22-46(34-11-12-35(44-43-34)50-28-47)37(3,4)32(38)14-15-40(33,39)7/h11-12,28,30-33,36,42H,1,8-10,13-27H2,2-7H3/t30-,31+,32-,33+,36+,38-,39+,40+,41+/m0/s1. The molecule has 10 heteroatoms. The molecular weight excluding hydrogens is 659 g/mol. The van der Waals surface area contributed by atoms with Gasteiger partial charge in [-0.2, -0.15) is 0 Å². The smallest absolute Gasteiger partial charge is 0.299 e. The molecule has 2 saturated heterocycles. The van der Waals surface area contributed by atoms with Gasteiger partial charge in [0, 0.05) is 37.8 Å². The van der Waals surface area contributed by atoms with Crippen molar-refractivity contribution in [1.82, 2.24) is 20.4 Å². The first-order valence-corrected chi connectivity index (χ1v) is 21.9. The number of anilines is 1. The van der Waals surface area contributed by atoms with Crippen LogP contribution < -0.4 is 15.0 Å². The number of rotatable bonds is 10. The molecule has 2 aliphatic heterocycles. The lowest BCUT2D eigenvalue weighted by molar-refractivity contribution is -0.227. The SMILES string of the molecule is C=C(C)[C@@H]1CC[C@]2(CNCCCN3CCS(=O)(=O)CC3)CC[C@]3(C)[C@H](CC[C@@H]4[C@@]5(C)CCN(c6ccc(OC=O)nn6)C(C)(C)[C@@H]5CC[C@]43C)[C@@H]12. The Morgan fingerprint density at radius 2 is 1.71 bits per heavy atom. The summed E-state index contributed by atoms with van der Waals surface area (Å²) in [5, 5.41) is 12.7. The highest BCUT2D eigenvalue weighted by Gasteiger charge is 2.70. The van der Waals surface area contributed by atoms with Crippen LogP contribution in [-0.4, -0.2) is 86.3 Å². The van der Waals surface area contributed by atoms with Crippen LogP contribution in [0.3, 0.4) is 0 Å². The van der Waals surface area contributed by atoms with Crippen molar-refractivity contribution < 1.29 is 17.9 Å². The van der Waals surface area contributed by atoms with Crippen LogP contribution in [0, 0.1) is 51.2 Å². The molecule has 0 amide bonds. The molecule has 1 aromatic rings. The van der Waals surface area contributed by atoms with Crippen molar-refractivity contribution in [3.8, 4) is 5.88 Å². The fourth-order valence-electron chi connectivity index (χ4n) is 14.0. The zero-order valence-corrected chi connectivity index (χ0v) is 33.2. The monoisotopic (exact) mass is 723 g/mol. The number of allylic oxidation sites excluding steroid dienone is 1. The Kier molecular flexibility index (Phi) is 9.77. The van der Waals surface area contributed by atoms with Crippen LogP contribution in [0.5, 0.6) is 5.88 Å². The highest BCUT2D eigenvalue weighted by Crippen LogP contribution is 2.76. The van der Waals surface area contributed by atoms with Gasteiger partial charge in [0.1, 0.15) is 0 Å². The molecule has 4 saturated carbocycles. The minimum absolute atomic E-state index is 0.0661. The van der Waals surface area contributed by atoms with Gasteiger partial charge in [-0.3, -0.25) is 4.79 Å². The van der Waals surface area contributed by atoms with Crippen molar-refractivity contribution in [3.05, 3.63) is 24.3 Å². The summed E-state index contributed by atoms with van der Waals surface area (Å²) in [7, 11) is -2.83. The van der Waals surface area contributed by atoms with Gasteiger partial charge in [-0.05, 0) is 155 Å². The molecule has 3 heterocycles. The van der Waals surface area contributed by atoms with E-state index in [1.54, 1.807) is 6.07 Å². The first kappa shape index (κ1) is 37.3. The van der Waals surface area contributed by atoms with Crippen LogP contribution in [0.15, 0.2) is 24.3 Å². The van der Waals surface area contributed by atoms with Crippen molar-refractivity contribution >= 4 is 22.1 Å². The van der Waals surface area contributed by atoms with Crippen molar-refractivity contribution in [2.75, 3.05) is 55.7 Å². The summed E-state index contributed by atoms with van der Waals surface area (Å²) in [6.07, 6.45) is 12.7. The largest absolute Gasteiger partial charge is 0.408 e. The molecule has 6 fully saturated rings. The lowest BCUT2D eigenvalue weighted by Crippen LogP contribution is -2.70. The Morgan fingerprint density at radius 1 is 0.941 bits per heavy atom. The molecule has 7 rings (SSSR count). The zero-order valence-electron chi connectivity index (χ0n) is 32.4. The highest BCUT2D eigenvalue weighted by molar-refractivity contribution is 7.91. The molecular formula is C41H65N5O4S. The van der Waals surface area contributed by atoms with E-state index in [-0.39, 0.29) is 16.8 Å². The molecule has 0 bridgehead atoms. The summed E-state index contributed by atoms with van der Waals surface area (Å²) in [5.74, 6) is 5.03. The lowest BCUT2D eigenvalue weighted by atomic mass is 9.33. The Balaban J connectivity index is 1.07. The van der Waals surface area contributed by atoms with Crippen molar-refractivity contribution in [2.24, 2.45) is 51.2 Å². The van der Waals surface area contributed by atoms with E-state index in [1.807, 2.05) is 6.07 Å². The van der Waals surface area contributed by atoms with E-state index in [9.17, 15) is 13.2 Å².